The van der Waals surface area contributed by atoms with Crippen molar-refractivity contribution < 1.29 is 13.2 Å². The molecule has 0 atom stereocenters. The molecule has 0 spiro atoms. The number of amides is 1. The molecule has 1 fully saturated rings. The Morgan fingerprint density at radius 2 is 1.72 bits per heavy atom. The molecule has 0 aromatic carbocycles. The minimum Gasteiger partial charge on any atom is -0.329 e. The van der Waals surface area contributed by atoms with E-state index in [2.05, 4.69) is 4.72 Å². The van der Waals surface area contributed by atoms with E-state index in [0.717, 1.165) is 25.7 Å². The van der Waals surface area contributed by atoms with Gasteiger partial charge in [-0.2, -0.15) is 0 Å². The second-order valence-corrected chi connectivity index (χ2v) is 7.66. The number of carbonyl (C=O) groups is 1. The molecule has 0 aromatic heterocycles. The molecule has 0 heterocycles. The van der Waals surface area contributed by atoms with Crippen molar-refractivity contribution in [1.82, 2.24) is 4.72 Å². The second kappa shape index (κ2) is 6.02. The lowest BCUT2D eigenvalue weighted by molar-refractivity contribution is -0.129. The summed E-state index contributed by atoms with van der Waals surface area (Å²) in [5.41, 5.74) is 5.05. The Bertz CT molecular complexity index is 382. The highest BCUT2D eigenvalue weighted by Crippen LogP contribution is 2.34. The lowest BCUT2D eigenvalue weighted by atomic mass is 9.80. The van der Waals surface area contributed by atoms with Gasteiger partial charge in [-0.3, -0.25) is 9.52 Å². The van der Waals surface area contributed by atoms with Crippen molar-refractivity contribution in [3.05, 3.63) is 0 Å². The molecule has 6 heteroatoms. The Labute approximate surface area is 110 Å². The third-order valence-electron chi connectivity index (χ3n) is 3.79. The van der Waals surface area contributed by atoms with E-state index in [9.17, 15) is 13.2 Å². The SMILES string of the molecule is CC(C)S(=O)(=O)NC(=O)C1(CN)CCCCCC1. The van der Waals surface area contributed by atoms with Crippen LogP contribution in [-0.4, -0.2) is 26.1 Å². The van der Waals surface area contributed by atoms with Crippen LogP contribution in [0.25, 0.3) is 0 Å². The molecule has 0 bridgehead atoms. The van der Waals surface area contributed by atoms with Gasteiger partial charge in [-0.15, -0.1) is 0 Å². The van der Waals surface area contributed by atoms with Gasteiger partial charge < -0.3 is 5.73 Å². The van der Waals surface area contributed by atoms with Gasteiger partial charge in [0.25, 0.3) is 0 Å². The molecular weight excluding hydrogens is 252 g/mol. The van der Waals surface area contributed by atoms with Crippen molar-refractivity contribution in [3.63, 3.8) is 0 Å². The number of sulfonamides is 1. The maximum Gasteiger partial charge on any atom is 0.240 e. The Morgan fingerprint density at radius 3 is 2.11 bits per heavy atom. The van der Waals surface area contributed by atoms with Crippen LogP contribution in [0.5, 0.6) is 0 Å². The average Bonchev–Trinajstić information content (AvgIpc) is 2.54. The number of rotatable bonds is 4. The first-order chi connectivity index (χ1) is 8.34. The summed E-state index contributed by atoms with van der Waals surface area (Å²) in [6.07, 6.45) is 5.42. The van der Waals surface area contributed by atoms with E-state index in [1.807, 2.05) is 0 Å². The standard InChI is InChI=1S/C12H24N2O3S/c1-10(2)18(16,17)14-11(15)12(9-13)7-5-3-4-6-8-12/h10H,3-9,13H2,1-2H3,(H,14,15). The van der Waals surface area contributed by atoms with Gasteiger partial charge in [0.1, 0.15) is 0 Å². The molecule has 5 nitrogen and oxygen atoms in total. The number of hydrogen-bond acceptors (Lipinski definition) is 4. The Morgan fingerprint density at radius 1 is 1.22 bits per heavy atom. The van der Waals surface area contributed by atoms with Gasteiger partial charge in [0.2, 0.25) is 15.9 Å². The summed E-state index contributed by atoms with van der Waals surface area (Å²) in [6, 6.07) is 0. The van der Waals surface area contributed by atoms with Crippen LogP contribution in [-0.2, 0) is 14.8 Å². The van der Waals surface area contributed by atoms with E-state index in [1.165, 1.54) is 0 Å². The quantitative estimate of drug-likeness (QED) is 0.754. The molecule has 0 aliphatic heterocycles. The van der Waals surface area contributed by atoms with Gasteiger partial charge in [-0.1, -0.05) is 25.7 Å². The molecule has 3 N–H and O–H groups in total. The summed E-state index contributed by atoms with van der Waals surface area (Å²) < 4.78 is 25.7. The molecule has 1 amide bonds. The third kappa shape index (κ3) is 3.45. The molecule has 0 radical (unpaired) electrons. The van der Waals surface area contributed by atoms with E-state index in [4.69, 9.17) is 5.73 Å². The van der Waals surface area contributed by atoms with Crippen LogP contribution in [0.2, 0.25) is 0 Å². The van der Waals surface area contributed by atoms with Crippen molar-refractivity contribution in [3.8, 4) is 0 Å². The molecule has 0 unspecified atom stereocenters. The lowest BCUT2D eigenvalue weighted by Gasteiger charge is -2.29. The van der Waals surface area contributed by atoms with Gasteiger partial charge >= 0.3 is 0 Å². The number of nitrogens with two attached hydrogens (primary N) is 1. The average molecular weight is 276 g/mol. The largest absolute Gasteiger partial charge is 0.329 e. The molecule has 18 heavy (non-hydrogen) atoms. The van der Waals surface area contributed by atoms with Crippen molar-refractivity contribution in [2.75, 3.05) is 6.54 Å². The van der Waals surface area contributed by atoms with Crippen molar-refractivity contribution >= 4 is 15.9 Å². The summed E-state index contributed by atoms with van der Waals surface area (Å²) in [7, 11) is -3.56. The van der Waals surface area contributed by atoms with Crippen molar-refractivity contribution in [2.24, 2.45) is 11.1 Å². The second-order valence-electron chi connectivity index (χ2n) is 5.42. The van der Waals surface area contributed by atoms with E-state index in [0.29, 0.717) is 12.8 Å². The van der Waals surface area contributed by atoms with E-state index >= 15 is 0 Å². The first-order valence-electron chi connectivity index (χ1n) is 6.60. The van der Waals surface area contributed by atoms with Crippen LogP contribution < -0.4 is 10.5 Å². The zero-order valence-corrected chi connectivity index (χ0v) is 12.1. The predicted molar refractivity (Wildman–Crippen MR) is 71.4 cm³/mol. The van der Waals surface area contributed by atoms with Crippen LogP contribution in [0.4, 0.5) is 0 Å². The first-order valence-corrected chi connectivity index (χ1v) is 8.15. The number of nitrogens with one attached hydrogen (secondary N) is 1. The number of carbonyl (C=O) groups excluding carboxylic acids is 1. The zero-order valence-electron chi connectivity index (χ0n) is 11.2. The Kier molecular flexibility index (Phi) is 5.16. The summed E-state index contributed by atoms with van der Waals surface area (Å²) in [6.45, 7) is 3.32. The summed E-state index contributed by atoms with van der Waals surface area (Å²) in [5, 5.41) is -0.609. The van der Waals surface area contributed by atoms with Crippen LogP contribution in [0.3, 0.4) is 0 Å². The fraction of sp³-hybridized carbons (Fsp3) is 0.917. The molecule has 1 aliphatic carbocycles. The molecule has 106 valence electrons. The number of hydrogen-bond donors (Lipinski definition) is 2. The monoisotopic (exact) mass is 276 g/mol. The summed E-state index contributed by atoms with van der Waals surface area (Å²) in [4.78, 5) is 12.3. The molecule has 1 saturated carbocycles. The van der Waals surface area contributed by atoms with E-state index < -0.39 is 26.6 Å². The highest BCUT2D eigenvalue weighted by atomic mass is 32.2. The van der Waals surface area contributed by atoms with Gasteiger partial charge in [-0.05, 0) is 26.7 Å². The molecular formula is C12H24N2O3S. The summed E-state index contributed by atoms with van der Waals surface area (Å²) in [5.74, 6) is -0.416. The van der Waals surface area contributed by atoms with Crippen LogP contribution in [0, 0.1) is 5.41 Å². The maximum absolute atomic E-state index is 12.3. The zero-order chi connectivity index (χ0) is 13.8. The molecule has 1 aliphatic rings. The fourth-order valence-electron chi connectivity index (χ4n) is 2.28. The minimum atomic E-state index is -3.56. The van der Waals surface area contributed by atoms with Gasteiger partial charge in [0, 0.05) is 6.54 Å². The van der Waals surface area contributed by atoms with E-state index in [1.54, 1.807) is 13.8 Å². The lowest BCUT2D eigenvalue weighted by Crippen LogP contribution is -2.49. The Balaban J connectivity index is 2.85. The van der Waals surface area contributed by atoms with Crippen LogP contribution in [0.15, 0.2) is 0 Å². The summed E-state index contributed by atoms with van der Waals surface area (Å²) >= 11 is 0. The predicted octanol–water partition coefficient (Wildman–Crippen LogP) is 1.14. The smallest absolute Gasteiger partial charge is 0.240 e. The van der Waals surface area contributed by atoms with Gasteiger partial charge in [0.15, 0.2) is 0 Å². The normalized spacial score (nSPS) is 20.4. The van der Waals surface area contributed by atoms with Crippen molar-refractivity contribution in [1.29, 1.82) is 0 Å². The van der Waals surface area contributed by atoms with Crippen molar-refractivity contribution in [2.45, 2.75) is 57.6 Å². The molecule has 0 saturated heterocycles. The van der Waals surface area contributed by atoms with Crippen LogP contribution >= 0.6 is 0 Å². The van der Waals surface area contributed by atoms with Crippen LogP contribution in [0.1, 0.15) is 52.4 Å². The third-order valence-corrected chi connectivity index (χ3v) is 5.50. The first kappa shape index (κ1) is 15.4. The molecule has 0 aromatic rings. The highest BCUT2D eigenvalue weighted by molar-refractivity contribution is 7.90. The van der Waals surface area contributed by atoms with E-state index in [-0.39, 0.29) is 6.54 Å². The Hall–Kier alpha value is -0.620. The minimum absolute atomic E-state index is 0.215. The van der Waals surface area contributed by atoms with Gasteiger partial charge in [0.05, 0.1) is 10.7 Å². The van der Waals surface area contributed by atoms with Gasteiger partial charge in [-0.25, -0.2) is 8.42 Å². The molecule has 1 rings (SSSR count). The fourth-order valence-corrected chi connectivity index (χ4v) is 3.00. The topological polar surface area (TPSA) is 89.3 Å². The maximum atomic E-state index is 12.3. The highest BCUT2D eigenvalue weighted by Gasteiger charge is 2.39.